The van der Waals surface area contributed by atoms with Crippen LogP contribution in [0.5, 0.6) is 5.75 Å². The van der Waals surface area contributed by atoms with Crippen LogP contribution in [0.15, 0.2) is 48.5 Å². The van der Waals surface area contributed by atoms with Gasteiger partial charge >= 0.3 is 0 Å². The maximum absolute atomic E-state index is 12.2. The molecule has 1 aromatic heterocycles. The lowest BCUT2D eigenvalue weighted by atomic mass is 10.2. The number of amides is 1. The van der Waals surface area contributed by atoms with Gasteiger partial charge in [-0.25, -0.2) is 4.98 Å². The predicted molar refractivity (Wildman–Crippen MR) is 110 cm³/mol. The molecule has 0 saturated carbocycles. The van der Waals surface area contributed by atoms with E-state index >= 15 is 0 Å². The van der Waals surface area contributed by atoms with Crippen molar-refractivity contribution in [3.05, 3.63) is 59.1 Å². The predicted octanol–water partition coefficient (Wildman–Crippen LogP) is 3.79. The number of fused-ring (bicyclic) bond motifs is 1. The Bertz CT molecular complexity index is 876. The van der Waals surface area contributed by atoms with Gasteiger partial charge in [-0.3, -0.25) is 9.69 Å². The van der Waals surface area contributed by atoms with E-state index in [-0.39, 0.29) is 11.9 Å². The van der Waals surface area contributed by atoms with Gasteiger partial charge in [-0.1, -0.05) is 24.3 Å². The molecular weight excluding hydrogens is 358 g/mol. The lowest BCUT2D eigenvalue weighted by Gasteiger charge is -2.22. The van der Waals surface area contributed by atoms with Crippen molar-refractivity contribution in [2.45, 2.75) is 19.9 Å². The van der Waals surface area contributed by atoms with Gasteiger partial charge in [0.05, 0.1) is 29.3 Å². The molecule has 3 aromatic rings. The van der Waals surface area contributed by atoms with Crippen LogP contribution in [0.1, 0.15) is 23.5 Å². The van der Waals surface area contributed by atoms with Crippen LogP contribution in [-0.4, -0.2) is 42.5 Å². The van der Waals surface area contributed by atoms with Crippen molar-refractivity contribution in [2.75, 3.05) is 26.7 Å². The Kier molecular flexibility index (Phi) is 6.42. The van der Waals surface area contributed by atoms with Gasteiger partial charge in [-0.15, -0.1) is 11.3 Å². The number of carbonyl (C=O) groups is 1. The van der Waals surface area contributed by atoms with Gasteiger partial charge in [0.25, 0.3) is 0 Å². The third-order valence-corrected chi connectivity index (χ3v) is 5.61. The lowest BCUT2D eigenvalue weighted by Crippen LogP contribution is -2.38. The molecule has 0 radical (unpaired) electrons. The highest BCUT2D eigenvalue weighted by atomic mass is 32.1. The number of nitrogens with one attached hydrogen (secondary N) is 1. The molecule has 6 heteroatoms. The van der Waals surface area contributed by atoms with Crippen molar-refractivity contribution in [3.8, 4) is 5.75 Å². The number of thiazole rings is 1. The molecule has 0 aliphatic heterocycles. The van der Waals surface area contributed by atoms with E-state index in [1.54, 1.807) is 11.3 Å². The zero-order valence-electron chi connectivity index (χ0n) is 15.9. The van der Waals surface area contributed by atoms with E-state index in [1.807, 2.05) is 61.3 Å². The number of aromatic nitrogens is 1. The molecule has 0 fully saturated rings. The highest BCUT2D eigenvalue weighted by Gasteiger charge is 2.18. The van der Waals surface area contributed by atoms with Crippen molar-refractivity contribution in [3.63, 3.8) is 0 Å². The minimum absolute atomic E-state index is 0.0155. The summed E-state index contributed by atoms with van der Waals surface area (Å²) in [6.45, 7) is 5.35. The molecule has 1 N–H and O–H groups in total. The van der Waals surface area contributed by atoms with Crippen molar-refractivity contribution in [2.24, 2.45) is 0 Å². The number of hydrogen-bond donors (Lipinski definition) is 1. The largest absolute Gasteiger partial charge is 0.492 e. The summed E-state index contributed by atoms with van der Waals surface area (Å²) in [7, 11) is 1.94. The second-order valence-corrected chi connectivity index (χ2v) is 7.69. The highest BCUT2D eigenvalue weighted by Crippen LogP contribution is 2.28. The SMILES string of the molecule is Cc1cccc(OCCNC(=O)CN(C)[C@@H](C)c2nc3ccccc3s2)c1. The van der Waals surface area contributed by atoms with E-state index in [4.69, 9.17) is 4.74 Å². The fourth-order valence-electron chi connectivity index (χ4n) is 2.74. The number of hydrogen-bond acceptors (Lipinski definition) is 5. The molecule has 5 nitrogen and oxygen atoms in total. The van der Waals surface area contributed by atoms with Gasteiger partial charge in [-0.05, 0) is 50.7 Å². The summed E-state index contributed by atoms with van der Waals surface area (Å²) in [6, 6.07) is 16.1. The van der Waals surface area contributed by atoms with Crippen molar-refractivity contribution in [1.29, 1.82) is 0 Å². The summed E-state index contributed by atoms with van der Waals surface area (Å²) in [6.07, 6.45) is 0. The molecule has 0 aliphatic rings. The first kappa shape index (κ1) is 19.3. The van der Waals surface area contributed by atoms with Crippen LogP contribution in [0.4, 0.5) is 0 Å². The van der Waals surface area contributed by atoms with Gasteiger partial charge < -0.3 is 10.1 Å². The minimum atomic E-state index is -0.0155. The zero-order chi connectivity index (χ0) is 19.2. The van der Waals surface area contributed by atoms with Crippen molar-refractivity contribution in [1.82, 2.24) is 15.2 Å². The normalized spacial score (nSPS) is 12.3. The molecule has 3 rings (SSSR count). The van der Waals surface area contributed by atoms with Crippen LogP contribution >= 0.6 is 11.3 Å². The van der Waals surface area contributed by atoms with Gasteiger partial charge in [-0.2, -0.15) is 0 Å². The van der Waals surface area contributed by atoms with Gasteiger partial charge in [0, 0.05) is 0 Å². The van der Waals surface area contributed by atoms with Crippen LogP contribution in [-0.2, 0) is 4.79 Å². The smallest absolute Gasteiger partial charge is 0.234 e. The monoisotopic (exact) mass is 383 g/mol. The van der Waals surface area contributed by atoms with E-state index in [2.05, 4.69) is 23.3 Å². The van der Waals surface area contributed by atoms with Crippen LogP contribution < -0.4 is 10.1 Å². The summed E-state index contributed by atoms with van der Waals surface area (Å²) in [4.78, 5) is 18.9. The maximum Gasteiger partial charge on any atom is 0.234 e. The van der Waals surface area contributed by atoms with E-state index in [0.717, 1.165) is 21.8 Å². The Hall–Kier alpha value is -2.44. The van der Waals surface area contributed by atoms with E-state index < -0.39 is 0 Å². The molecule has 1 amide bonds. The number of nitrogens with zero attached hydrogens (tertiary/aromatic N) is 2. The topological polar surface area (TPSA) is 54.5 Å². The third-order valence-electron chi connectivity index (χ3n) is 4.40. The molecule has 0 unspecified atom stereocenters. The number of ether oxygens (including phenoxy) is 1. The van der Waals surface area contributed by atoms with Crippen LogP contribution in [0.2, 0.25) is 0 Å². The number of aryl methyl sites for hydroxylation is 1. The molecule has 0 bridgehead atoms. The van der Waals surface area contributed by atoms with Crippen molar-refractivity contribution < 1.29 is 9.53 Å². The van der Waals surface area contributed by atoms with Crippen LogP contribution in [0.25, 0.3) is 10.2 Å². The Labute approximate surface area is 164 Å². The molecule has 1 heterocycles. The first-order chi connectivity index (χ1) is 13.0. The Morgan fingerprint density at radius 2 is 2.07 bits per heavy atom. The van der Waals surface area contributed by atoms with E-state index in [1.165, 1.54) is 4.70 Å². The molecule has 1 atom stereocenters. The molecular formula is C21H25N3O2S. The zero-order valence-corrected chi connectivity index (χ0v) is 16.8. The Morgan fingerprint density at radius 3 is 2.85 bits per heavy atom. The molecule has 27 heavy (non-hydrogen) atoms. The number of carbonyl (C=O) groups excluding carboxylic acids is 1. The quantitative estimate of drug-likeness (QED) is 0.601. The van der Waals surface area contributed by atoms with Crippen molar-refractivity contribution >= 4 is 27.5 Å². The number of likely N-dealkylation sites (N-methyl/N-ethyl adjacent to an activating group) is 1. The Morgan fingerprint density at radius 1 is 1.26 bits per heavy atom. The average molecular weight is 384 g/mol. The van der Waals surface area contributed by atoms with Crippen LogP contribution in [0.3, 0.4) is 0 Å². The second kappa shape index (κ2) is 8.97. The first-order valence-corrected chi connectivity index (χ1v) is 9.86. The summed E-state index contributed by atoms with van der Waals surface area (Å²) in [5.41, 5.74) is 2.16. The first-order valence-electron chi connectivity index (χ1n) is 9.05. The third kappa shape index (κ3) is 5.28. The van der Waals surface area contributed by atoms with E-state index in [0.29, 0.717) is 19.7 Å². The molecule has 2 aromatic carbocycles. The summed E-state index contributed by atoms with van der Waals surface area (Å²) in [5.74, 6) is 0.809. The van der Waals surface area contributed by atoms with Gasteiger partial charge in [0.15, 0.2) is 0 Å². The summed E-state index contributed by atoms with van der Waals surface area (Å²) < 4.78 is 6.83. The fraction of sp³-hybridized carbons (Fsp3) is 0.333. The summed E-state index contributed by atoms with van der Waals surface area (Å²) in [5, 5.41) is 3.93. The maximum atomic E-state index is 12.2. The lowest BCUT2D eigenvalue weighted by molar-refractivity contribution is -0.122. The molecule has 0 spiro atoms. The fourth-order valence-corrected chi connectivity index (χ4v) is 3.83. The van der Waals surface area contributed by atoms with E-state index in [9.17, 15) is 4.79 Å². The number of rotatable bonds is 8. The number of para-hydroxylation sites is 1. The molecule has 0 aliphatic carbocycles. The second-order valence-electron chi connectivity index (χ2n) is 6.63. The van der Waals surface area contributed by atoms with Gasteiger partial charge in [0.1, 0.15) is 17.4 Å². The highest BCUT2D eigenvalue weighted by molar-refractivity contribution is 7.18. The van der Waals surface area contributed by atoms with Crippen LogP contribution in [0, 0.1) is 6.92 Å². The standard InChI is InChI=1S/C21H25N3O2S/c1-15-7-6-8-17(13-15)26-12-11-22-20(25)14-24(3)16(2)21-23-18-9-4-5-10-19(18)27-21/h4-10,13,16H,11-12,14H2,1-3H3,(H,22,25)/t16-/m0/s1. The molecule has 0 saturated heterocycles. The average Bonchev–Trinajstić information content (AvgIpc) is 3.09. The number of benzene rings is 2. The Balaban J connectivity index is 1.44. The van der Waals surface area contributed by atoms with Gasteiger partial charge in [0.2, 0.25) is 5.91 Å². The summed E-state index contributed by atoms with van der Waals surface area (Å²) >= 11 is 1.68. The minimum Gasteiger partial charge on any atom is -0.492 e. The molecule has 142 valence electrons.